The summed E-state index contributed by atoms with van der Waals surface area (Å²) in [5, 5.41) is 0. The topological polar surface area (TPSA) is 51.4 Å². The third-order valence-corrected chi connectivity index (χ3v) is 4.10. The summed E-state index contributed by atoms with van der Waals surface area (Å²) in [4.78, 5) is 6.51. The summed E-state index contributed by atoms with van der Waals surface area (Å²) in [5.74, 6) is 2.26. The highest BCUT2D eigenvalue weighted by Gasteiger charge is 2.51. The smallest absolute Gasteiger partial charge is 0.138 e. The first-order valence-electron chi connectivity index (χ1n) is 6.25. The van der Waals surface area contributed by atoms with E-state index in [2.05, 4.69) is 23.9 Å². The maximum atomic E-state index is 5.93. The van der Waals surface area contributed by atoms with Gasteiger partial charge in [-0.25, -0.2) is 4.98 Å². The Hall–Kier alpha value is -1.29. The van der Waals surface area contributed by atoms with E-state index < -0.39 is 0 Å². The number of pyridine rings is 1. The average molecular weight is 233 g/mol. The predicted molar refractivity (Wildman–Crippen MR) is 66.8 cm³/mol. The number of nitrogen functional groups attached to an aromatic ring is 1. The number of likely N-dealkylation sites (tertiary alicyclic amines) is 1. The molecule has 1 saturated heterocycles. The monoisotopic (exact) mass is 233 g/mol. The molecule has 1 aliphatic heterocycles. The SMILES string of the molecule is CC(Oc1ccc(N)nc1)C1CC2CC2N1C. The number of aromatic nitrogens is 1. The average Bonchev–Trinajstić information content (AvgIpc) is 3.01. The summed E-state index contributed by atoms with van der Waals surface area (Å²) in [6.07, 6.45) is 4.55. The second-order valence-electron chi connectivity index (χ2n) is 5.27. The van der Waals surface area contributed by atoms with E-state index >= 15 is 0 Å². The maximum Gasteiger partial charge on any atom is 0.138 e. The van der Waals surface area contributed by atoms with Crippen LogP contribution in [0.2, 0.25) is 0 Å². The number of rotatable bonds is 3. The predicted octanol–water partition coefficient (Wildman–Crippen LogP) is 1.52. The molecule has 0 amide bonds. The zero-order valence-electron chi connectivity index (χ0n) is 10.3. The van der Waals surface area contributed by atoms with Crippen LogP contribution >= 0.6 is 0 Å². The minimum absolute atomic E-state index is 0.207. The van der Waals surface area contributed by atoms with E-state index in [1.165, 1.54) is 12.8 Å². The summed E-state index contributed by atoms with van der Waals surface area (Å²) < 4.78 is 5.93. The van der Waals surface area contributed by atoms with Gasteiger partial charge in [-0.3, -0.25) is 4.90 Å². The highest BCUT2D eigenvalue weighted by molar-refractivity contribution is 5.32. The molecule has 1 aromatic rings. The second-order valence-corrected chi connectivity index (χ2v) is 5.27. The van der Waals surface area contributed by atoms with Gasteiger partial charge in [0.15, 0.2) is 0 Å². The molecule has 0 spiro atoms. The van der Waals surface area contributed by atoms with Gasteiger partial charge < -0.3 is 10.5 Å². The summed E-state index contributed by atoms with van der Waals surface area (Å²) in [6, 6.07) is 5.01. The highest BCUT2D eigenvalue weighted by Crippen LogP contribution is 2.47. The van der Waals surface area contributed by atoms with Crippen LogP contribution in [0.25, 0.3) is 0 Å². The van der Waals surface area contributed by atoms with Crippen LogP contribution in [0.15, 0.2) is 18.3 Å². The van der Waals surface area contributed by atoms with Gasteiger partial charge in [-0.1, -0.05) is 0 Å². The Morgan fingerprint density at radius 1 is 1.47 bits per heavy atom. The molecule has 2 aliphatic rings. The fourth-order valence-corrected chi connectivity index (χ4v) is 2.98. The fourth-order valence-electron chi connectivity index (χ4n) is 2.98. The molecular formula is C13H19N3O. The molecule has 92 valence electrons. The van der Waals surface area contributed by atoms with Crippen molar-refractivity contribution in [1.29, 1.82) is 0 Å². The van der Waals surface area contributed by atoms with E-state index in [9.17, 15) is 0 Å². The van der Waals surface area contributed by atoms with Crippen molar-refractivity contribution in [3.05, 3.63) is 18.3 Å². The Labute approximate surface area is 102 Å². The second kappa shape index (κ2) is 3.88. The molecule has 0 aromatic carbocycles. The van der Waals surface area contributed by atoms with Crippen LogP contribution in [0.1, 0.15) is 19.8 Å². The molecular weight excluding hydrogens is 214 g/mol. The summed E-state index contributed by atoms with van der Waals surface area (Å²) >= 11 is 0. The molecule has 4 unspecified atom stereocenters. The molecule has 17 heavy (non-hydrogen) atoms. The Morgan fingerprint density at radius 3 is 2.88 bits per heavy atom. The number of hydrogen-bond acceptors (Lipinski definition) is 4. The van der Waals surface area contributed by atoms with Gasteiger partial charge >= 0.3 is 0 Å². The number of piperidine rings is 1. The summed E-state index contributed by atoms with van der Waals surface area (Å²) in [5.41, 5.74) is 5.55. The first-order valence-corrected chi connectivity index (χ1v) is 6.25. The van der Waals surface area contributed by atoms with E-state index in [0.717, 1.165) is 17.7 Å². The van der Waals surface area contributed by atoms with Gasteiger partial charge in [-0.15, -0.1) is 0 Å². The lowest BCUT2D eigenvalue weighted by atomic mass is 10.1. The zero-order valence-corrected chi connectivity index (χ0v) is 10.3. The highest BCUT2D eigenvalue weighted by atomic mass is 16.5. The molecule has 2 N–H and O–H groups in total. The largest absolute Gasteiger partial charge is 0.487 e. The molecule has 2 fully saturated rings. The molecule has 4 atom stereocenters. The number of fused-ring (bicyclic) bond motifs is 1. The van der Waals surface area contributed by atoms with Gasteiger partial charge in [0.05, 0.1) is 6.20 Å². The number of anilines is 1. The van der Waals surface area contributed by atoms with Gasteiger partial charge in [0.25, 0.3) is 0 Å². The molecule has 3 rings (SSSR count). The lowest BCUT2D eigenvalue weighted by molar-refractivity contribution is 0.106. The molecule has 0 bridgehead atoms. The van der Waals surface area contributed by atoms with Crippen LogP contribution in [0.4, 0.5) is 5.82 Å². The molecule has 1 aromatic heterocycles. The number of likely N-dealkylation sites (N-methyl/N-ethyl adjacent to an activating group) is 1. The first kappa shape index (κ1) is 10.8. The van der Waals surface area contributed by atoms with Crippen LogP contribution in [-0.4, -0.2) is 35.1 Å². The molecule has 0 radical (unpaired) electrons. The molecule has 1 aliphatic carbocycles. The molecule has 2 heterocycles. The van der Waals surface area contributed by atoms with Crippen molar-refractivity contribution >= 4 is 5.82 Å². The standard InChI is InChI=1S/C13H19N3O/c1-8(11-5-9-6-12(9)16(11)2)17-10-3-4-13(14)15-7-10/h3-4,7-9,11-12H,5-6H2,1-2H3,(H2,14,15). The van der Waals surface area contributed by atoms with E-state index in [1.54, 1.807) is 12.3 Å². The van der Waals surface area contributed by atoms with Gasteiger partial charge in [-0.2, -0.15) is 0 Å². The van der Waals surface area contributed by atoms with Gasteiger partial charge in [-0.05, 0) is 44.9 Å². The molecule has 4 nitrogen and oxygen atoms in total. The van der Waals surface area contributed by atoms with Crippen LogP contribution in [0.3, 0.4) is 0 Å². The van der Waals surface area contributed by atoms with Crippen LogP contribution in [0.5, 0.6) is 5.75 Å². The number of hydrogen-bond donors (Lipinski definition) is 1. The third-order valence-electron chi connectivity index (χ3n) is 4.10. The number of ether oxygens (including phenoxy) is 1. The number of nitrogens with zero attached hydrogens (tertiary/aromatic N) is 2. The van der Waals surface area contributed by atoms with Crippen molar-refractivity contribution in [1.82, 2.24) is 9.88 Å². The Balaban J connectivity index is 1.63. The lowest BCUT2D eigenvalue weighted by Gasteiger charge is -2.29. The van der Waals surface area contributed by atoms with Crippen molar-refractivity contribution in [2.24, 2.45) is 5.92 Å². The van der Waals surface area contributed by atoms with Gasteiger partial charge in [0.2, 0.25) is 0 Å². The minimum atomic E-state index is 0.207. The van der Waals surface area contributed by atoms with E-state index in [1.807, 2.05) is 6.07 Å². The van der Waals surface area contributed by atoms with E-state index in [4.69, 9.17) is 10.5 Å². The van der Waals surface area contributed by atoms with Crippen LogP contribution in [0, 0.1) is 5.92 Å². The van der Waals surface area contributed by atoms with Crippen molar-refractivity contribution in [3.63, 3.8) is 0 Å². The maximum absolute atomic E-state index is 5.93. The fraction of sp³-hybridized carbons (Fsp3) is 0.615. The third kappa shape index (κ3) is 1.97. The van der Waals surface area contributed by atoms with Crippen molar-refractivity contribution < 1.29 is 4.74 Å². The first-order chi connectivity index (χ1) is 8.15. The van der Waals surface area contributed by atoms with Crippen molar-refractivity contribution in [2.45, 2.75) is 38.0 Å². The Morgan fingerprint density at radius 2 is 2.29 bits per heavy atom. The van der Waals surface area contributed by atoms with E-state index in [-0.39, 0.29) is 6.10 Å². The molecule has 4 heteroatoms. The summed E-state index contributed by atoms with van der Waals surface area (Å²) in [6.45, 7) is 2.14. The Bertz CT molecular complexity index is 406. The molecule has 1 saturated carbocycles. The van der Waals surface area contributed by atoms with Crippen LogP contribution in [-0.2, 0) is 0 Å². The minimum Gasteiger partial charge on any atom is -0.487 e. The lowest BCUT2D eigenvalue weighted by Crippen LogP contribution is -2.40. The van der Waals surface area contributed by atoms with E-state index in [0.29, 0.717) is 11.9 Å². The van der Waals surface area contributed by atoms with Gasteiger partial charge in [0, 0.05) is 12.1 Å². The van der Waals surface area contributed by atoms with Crippen molar-refractivity contribution in [2.75, 3.05) is 12.8 Å². The number of nitrogens with two attached hydrogens (primary N) is 1. The quantitative estimate of drug-likeness (QED) is 0.860. The summed E-state index contributed by atoms with van der Waals surface area (Å²) in [7, 11) is 2.21. The zero-order chi connectivity index (χ0) is 12.0. The Kier molecular flexibility index (Phi) is 2.47. The normalized spacial score (nSPS) is 33.2. The van der Waals surface area contributed by atoms with Crippen LogP contribution < -0.4 is 10.5 Å². The van der Waals surface area contributed by atoms with Crippen molar-refractivity contribution in [3.8, 4) is 5.75 Å². The van der Waals surface area contributed by atoms with Gasteiger partial charge in [0.1, 0.15) is 17.7 Å².